The van der Waals surface area contributed by atoms with E-state index < -0.39 is 0 Å². The molecule has 1 aliphatic heterocycles. The standard InChI is InChI=1S/C8H14N4O/c1-2-10-8(11-7-9)12-3-5-13-6-4-12/h2-6H2,1H3,(H,10,11). The van der Waals surface area contributed by atoms with Crippen LogP contribution in [0.25, 0.3) is 0 Å². The van der Waals surface area contributed by atoms with Crippen molar-refractivity contribution >= 4 is 5.96 Å². The van der Waals surface area contributed by atoms with Crippen LogP contribution in [0.1, 0.15) is 6.92 Å². The Bertz CT molecular complexity index is 215. The molecule has 1 rings (SSSR count). The maximum Gasteiger partial charge on any atom is 0.210 e. The summed E-state index contributed by atoms with van der Waals surface area (Å²) >= 11 is 0. The summed E-state index contributed by atoms with van der Waals surface area (Å²) < 4.78 is 5.20. The van der Waals surface area contributed by atoms with Crippen LogP contribution in [0.2, 0.25) is 0 Å². The quantitative estimate of drug-likeness (QED) is 0.345. The lowest BCUT2D eigenvalue weighted by atomic mass is 10.4. The number of morpholine rings is 1. The van der Waals surface area contributed by atoms with Crippen molar-refractivity contribution in [1.82, 2.24) is 10.2 Å². The molecule has 0 aromatic carbocycles. The summed E-state index contributed by atoms with van der Waals surface area (Å²) in [6, 6.07) is 0. The van der Waals surface area contributed by atoms with Crippen LogP contribution in [0.5, 0.6) is 0 Å². The average Bonchev–Trinajstić information content (AvgIpc) is 2.19. The van der Waals surface area contributed by atoms with Gasteiger partial charge in [0.15, 0.2) is 0 Å². The molecule has 0 saturated carbocycles. The van der Waals surface area contributed by atoms with E-state index in [4.69, 9.17) is 10.00 Å². The third-order valence-electron chi connectivity index (χ3n) is 1.80. The fourth-order valence-electron chi connectivity index (χ4n) is 1.20. The highest BCUT2D eigenvalue weighted by atomic mass is 16.5. The van der Waals surface area contributed by atoms with Gasteiger partial charge in [0.05, 0.1) is 13.2 Å². The number of nitrogens with one attached hydrogen (secondary N) is 1. The SMILES string of the molecule is CCN/C(=N\C#N)N1CCOCC1. The van der Waals surface area contributed by atoms with E-state index in [0.29, 0.717) is 19.2 Å². The monoisotopic (exact) mass is 182 g/mol. The number of ether oxygens (including phenoxy) is 1. The molecule has 1 heterocycles. The maximum atomic E-state index is 8.46. The lowest BCUT2D eigenvalue weighted by Gasteiger charge is -2.29. The molecule has 0 atom stereocenters. The van der Waals surface area contributed by atoms with Gasteiger partial charge in [-0.05, 0) is 6.92 Å². The molecule has 1 aliphatic rings. The summed E-state index contributed by atoms with van der Waals surface area (Å²) in [7, 11) is 0. The van der Waals surface area contributed by atoms with Gasteiger partial charge in [0, 0.05) is 19.6 Å². The van der Waals surface area contributed by atoms with Crippen LogP contribution in [-0.2, 0) is 4.74 Å². The number of nitrogens with zero attached hydrogens (tertiary/aromatic N) is 3. The minimum atomic E-state index is 0.660. The maximum absolute atomic E-state index is 8.46. The normalized spacial score (nSPS) is 18.2. The fourth-order valence-corrected chi connectivity index (χ4v) is 1.20. The molecule has 0 aromatic heterocycles. The van der Waals surface area contributed by atoms with Crippen molar-refractivity contribution in [2.45, 2.75) is 6.92 Å². The molecule has 13 heavy (non-hydrogen) atoms. The van der Waals surface area contributed by atoms with Crippen molar-refractivity contribution < 1.29 is 4.74 Å². The third kappa shape index (κ3) is 2.92. The Morgan fingerprint density at radius 3 is 2.85 bits per heavy atom. The molecule has 0 radical (unpaired) electrons. The van der Waals surface area contributed by atoms with Gasteiger partial charge in [-0.3, -0.25) is 0 Å². The Balaban J connectivity index is 2.53. The highest BCUT2D eigenvalue weighted by Crippen LogP contribution is 1.96. The van der Waals surface area contributed by atoms with Crippen LogP contribution >= 0.6 is 0 Å². The van der Waals surface area contributed by atoms with Crippen LogP contribution in [0, 0.1) is 11.5 Å². The van der Waals surface area contributed by atoms with Gasteiger partial charge in [0.2, 0.25) is 12.2 Å². The first kappa shape index (κ1) is 9.81. The van der Waals surface area contributed by atoms with Gasteiger partial charge in [-0.1, -0.05) is 0 Å². The largest absolute Gasteiger partial charge is 0.378 e. The Morgan fingerprint density at radius 2 is 2.31 bits per heavy atom. The Labute approximate surface area is 78.0 Å². The van der Waals surface area contributed by atoms with Gasteiger partial charge in [0.25, 0.3) is 0 Å². The molecule has 0 bridgehead atoms. The van der Waals surface area contributed by atoms with Crippen LogP contribution in [-0.4, -0.2) is 43.7 Å². The van der Waals surface area contributed by atoms with Crippen LogP contribution in [0.4, 0.5) is 0 Å². The number of guanidine groups is 1. The predicted octanol–water partition coefficient (Wildman–Crippen LogP) is -0.235. The zero-order chi connectivity index (χ0) is 9.52. The van der Waals surface area contributed by atoms with Crippen molar-refractivity contribution in [3.05, 3.63) is 0 Å². The van der Waals surface area contributed by atoms with E-state index >= 15 is 0 Å². The van der Waals surface area contributed by atoms with E-state index in [0.717, 1.165) is 19.6 Å². The van der Waals surface area contributed by atoms with E-state index in [-0.39, 0.29) is 0 Å². The predicted molar refractivity (Wildman–Crippen MR) is 49.1 cm³/mol. The Kier molecular flexibility index (Phi) is 4.06. The molecule has 0 unspecified atom stereocenters. The second-order valence-corrected chi connectivity index (χ2v) is 2.67. The summed E-state index contributed by atoms with van der Waals surface area (Å²) in [5.41, 5.74) is 0. The summed E-state index contributed by atoms with van der Waals surface area (Å²) in [6.45, 7) is 5.76. The number of nitriles is 1. The van der Waals surface area contributed by atoms with Crippen molar-refractivity contribution in [1.29, 1.82) is 5.26 Å². The lowest BCUT2D eigenvalue weighted by Crippen LogP contribution is -2.47. The summed E-state index contributed by atoms with van der Waals surface area (Å²) in [5.74, 6) is 0.660. The van der Waals surface area contributed by atoms with Crippen molar-refractivity contribution in [2.75, 3.05) is 32.8 Å². The van der Waals surface area contributed by atoms with Gasteiger partial charge in [-0.2, -0.15) is 5.26 Å². The molecule has 1 fully saturated rings. The van der Waals surface area contributed by atoms with Gasteiger partial charge in [0.1, 0.15) is 0 Å². The first-order valence-corrected chi connectivity index (χ1v) is 4.41. The molecule has 0 aromatic rings. The van der Waals surface area contributed by atoms with Gasteiger partial charge < -0.3 is 15.0 Å². The number of rotatable bonds is 1. The third-order valence-corrected chi connectivity index (χ3v) is 1.80. The van der Waals surface area contributed by atoms with Crippen molar-refractivity contribution in [2.24, 2.45) is 4.99 Å². The smallest absolute Gasteiger partial charge is 0.210 e. The van der Waals surface area contributed by atoms with Crippen molar-refractivity contribution in [3.63, 3.8) is 0 Å². The van der Waals surface area contributed by atoms with Crippen LogP contribution in [0.3, 0.4) is 0 Å². The summed E-state index contributed by atoms with van der Waals surface area (Å²) in [6.07, 6.45) is 1.79. The average molecular weight is 182 g/mol. The highest BCUT2D eigenvalue weighted by molar-refractivity contribution is 5.80. The zero-order valence-corrected chi connectivity index (χ0v) is 7.79. The van der Waals surface area contributed by atoms with Gasteiger partial charge in [-0.25, -0.2) is 0 Å². The Morgan fingerprint density at radius 1 is 1.62 bits per heavy atom. The topological polar surface area (TPSA) is 60.7 Å². The van der Waals surface area contributed by atoms with Crippen LogP contribution in [0.15, 0.2) is 4.99 Å². The molecule has 5 heteroatoms. The number of hydrogen-bond acceptors (Lipinski definition) is 3. The minimum Gasteiger partial charge on any atom is -0.378 e. The molecule has 72 valence electrons. The molecule has 0 spiro atoms. The first-order valence-electron chi connectivity index (χ1n) is 4.41. The lowest BCUT2D eigenvalue weighted by molar-refractivity contribution is 0.0666. The summed E-state index contributed by atoms with van der Waals surface area (Å²) in [5, 5.41) is 11.5. The molecule has 0 aliphatic carbocycles. The Hall–Kier alpha value is -1.28. The number of aliphatic imine (C=N–C) groups is 1. The fraction of sp³-hybridized carbons (Fsp3) is 0.750. The second kappa shape index (κ2) is 5.38. The van der Waals surface area contributed by atoms with Crippen molar-refractivity contribution in [3.8, 4) is 6.19 Å². The van der Waals surface area contributed by atoms with E-state index in [1.54, 1.807) is 6.19 Å². The molecule has 5 nitrogen and oxygen atoms in total. The minimum absolute atomic E-state index is 0.660. The molecule has 1 N–H and O–H groups in total. The number of hydrogen-bond donors (Lipinski definition) is 1. The molecular formula is C8H14N4O. The van der Waals surface area contributed by atoms with E-state index in [1.165, 1.54) is 0 Å². The second-order valence-electron chi connectivity index (χ2n) is 2.67. The van der Waals surface area contributed by atoms with Gasteiger partial charge >= 0.3 is 0 Å². The summed E-state index contributed by atoms with van der Waals surface area (Å²) in [4.78, 5) is 5.74. The zero-order valence-electron chi connectivity index (χ0n) is 7.79. The van der Waals surface area contributed by atoms with E-state index in [2.05, 4.69) is 10.3 Å². The highest BCUT2D eigenvalue weighted by Gasteiger charge is 2.13. The molecule has 1 saturated heterocycles. The molecule has 0 amide bonds. The molecular weight excluding hydrogens is 168 g/mol. The first-order chi connectivity index (χ1) is 6.38. The van der Waals surface area contributed by atoms with E-state index in [9.17, 15) is 0 Å². The van der Waals surface area contributed by atoms with Crippen LogP contribution < -0.4 is 5.32 Å². The van der Waals surface area contributed by atoms with E-state index in [1.807, 2.05) is 11.8 Å². The van der Waals surface area contributed by atoms with Gasteiger partial charge in [-0.15, -0.1) is 4.99 Å².